The van der Waals surface area contributed by atoms with Gasteiger partial charge >= 0.3 is 0 Å². The second kappa shape index (κ2) is 10.4. The molecule has 2 aromatic carbocycles. The van der Waals surface area contributed by atoms with Crippen LogP contribution in [0.5, 0.6) is 11.5 Å². The van der Waals surface area contributed by atoms with Crippen molar-refractivity contribution in [3.8, 4) is 11.5 Å². The molecule has 1 heterocycles. The fourth-order valence-electron chi connectivity index (χ4n) is 2.91. The average Bonchev–Trinajstić information content (AvgIpc) is 2.99. The smallest absolute Gasteiger partial charge is 0.293 e. The number of carbonyl (C=O) groups is 2. The molecule has 2 amide bonds. The first-order valence-electron chi connectivity index (χ1n) is 9.95. The molecule has 164 valence electrons. The van der Waals surface area contributed by atoms with E-state index in [4.69, 9.17) is 32.7 Å². The molecular formula is C23H23Cl2NO4S. The molecule has 1 aliphatic heterocycles. The Balaban J connectivity index is 1.84. The van der Waals surface area contributed by atoms with Gasteiger partial charge in [0.2, 0.25) is 0 Å². The van der Waals surface area contributed by atoms with Crippen LogP contribution in [0.15, 0.2) is 41.3 Å². The van der Waals surface area contributed by atoms with Gasteiger partial charge in [0.25, 0.3) is 11.1 Å². The predicted molar refractivity (Wildman–Crippen MR) is 126 cm³/mol. The van der Waals surface area contributed by atoms with Gasteiger partial charge in [-0.1, -0.05) is 42.3 Å². The molecule has 1 fully saturated rings. The predicted octanol–water partition coefficient (Wildman–Crippen LogP) is 6.81. The standard InChI is InChI=1S/C23H23Cl2NO4S/c1-4-14(3)30-19-10-9-15(11-20(19)29-5-2)12-21-22(27)26(23(28)31-21)13-16-17(24)7-6-8-18(16)25/h6-12,14H,4-5,13H2,1-3H3/b21-12+/t14-/m0/s1. The van der Waals surface area contributed by atoms with Crippen LogP contribution in [0.25, 0.3) is 6.08 Å². The highest BCUT2D eigenvalue weighted by molar-refractivity contribution is 8.18. The highest BCUT2D eigenvalue weighted by atomic mass is 35.5. The van der Waals surface area contributed by atoms with Gasteiger partial charge in [-0.25, -0.2) is 0 Å². The van der Waals surface area contributed by atoms with E-state index in [9.17, 15) is 9.59 Å². The van der Waals surface area contributed by atoms with Crippen LogP contribution < -0.4 is 9.47 Å². The third-order valence-corrected chi connectivity index (χ3v) is 6.34. The number of hydrogen-bond donors (Lipinski definition) is 0. The molecule has 31 heavy (non-hydrogen) atoms. The lowest BCUT2D eigenvalue weighted by atomic mass is 10.1. The van der Waals surface area contributed by atoms with Crippen molar-refractivity contribution < 1.29 is 19.1 Å². The summed E-state index contributed by atoms with van der Waals surface area (Å²) in [6.07, 6.45) is 2.60. The SMILES string of the molecule is CCOc1cc(/C=C2/SC(=O)N(Cc3c(Cl)cccc3Cl)C2=O)ccc1O[C@@H](C)CC. The van der Waals surface area contributed by atoms with Crippen LogP contribution in [0.2, 0.25) is 10.0 Å². The molecule has 0 bridgehead atoms. The van der Waals surface area contributed by atoms with Crippen molar-refractivity contribution in [1.82, 2.24) is 4.90 Å². The van der Waals surface area contributed by atoms with Gasteiger partial charge in [-0.05, 0) is 67.9 Å². The summed E-state index contributed by atoms with van der Waals surface area (Å²) in [5.74, 6) is 0.859. The molecule has 1 saturated heterocycles. The normalized spacial score (nSPS) is 16.2. The Labute approximate surface area is 196 Å². The molecular weight excluding hydrogens is 457 g/mol. The minimum Gasteiger partial charge on any atom is -0.490 e. The molecule has 0 aliphatic carbocycles. The topological polar surface area (TPSA) is 55.8 Å². The minimum absolute atomic E-state index is 0.0202. The van der Waals surface area contributed by atoms with Crippen molar-refractivity contribution in [3.63, 3.8) is 0 Å². The fraction of sp³-hybridized carbons (Fsp3) is 0.304. The minimum atomic E-state index is -0.385. The first kappa shape index (κ1) is 23.5. The third kappa shape index (κ3) is 5.56. The Morgan fingerprint density at radius 2 is 1.81 bits per heavy atom. The van der Waals surface area contributed by atoms with E-state index in [0.717, 1.165) is 28.6 Å². The van der Waals surface area contributed by atoms with Crippen LogP contribution >= 0.6 is 35.0 Å². The van der Waals surface area contributed by atoms with Crippen LogP contribution in [0.1, 0.15) is 38.3 Å². The van der Waals surface area contributed by atoms with Crippen LogP contribution in [-0.2, 0) is 11.3 Å². The first-order chi connectivity index (χ1) is 14.8. The Hall–Kier alpha value is -2.15. The molecule has 0 saturated carbocycles. The summed E-state index contributed by atoms with van der Waals surface area (Å²) >= 11 is 13.3. The molecule has 0 radical (unpaired) electrons. The molecule has 0 aromatic heterocycles. The zero-order chi connectivity index (χ0) is 22.5. The van der Waals surface area contributed by atoms with Crippen molar-refractivity contribution in [2.45, 2.75) is 39.8 Å². The number of hydrogen-bond acceptors (Lipinski definition) is 5. The summed E-state index contributed by atoms with van der Waals surface area (Å²) < 4.78 is 11.6. The maximum atomic E-state index is 12.9. The lowest BCUT2D eigenvalue weighted by molar-refractivity contribution is -0.123. The zero-order valence-electron chi connectivity index (χ0n) is 17.5. The highest BCUT2D eigenvalue weighted by Crippen LogP contribution is 2.37. The molecule has 1 aliphatic rings. The summed E-state index contributed by atoms with van der Waals surface area (Å²) in [7, 11) is 0. The summed E-state index contributed by atoms with van der Waals surface area (Å²) in [5.41, 5.74) is 1.28. The van der Waals surface area contributed by atoms with E-state index < -0.39 is 0 Å². The lowest BCUT2D eigenvalue weighted by Crippen LogP contribution is -2.27. The average molecular weight is 480 g/mol. The first-order valence-corrected chi connectivity index (χ1v) is 11.5. The Morgan fingerprint density at radius 1 is 1.10 bits per heavy atom. The molecule has 1 atom stereocenters. The number of rotatable bonds is 8. The number of thioether (sulfide) groups is 1. The van der Waals surface area contributed by atoms with Gasteiger partial charge in [0.05, 0.1) is 24.2 Å². The van der Waals surface area contributed by atoms with E-state index in [0.29, 0.717) is 38.6 Å². The number of imide groups is 1. The van der Waals surface area contributed by atoms with Crippen molar-refractivity contribution in [2.75, 3.05) is 6.61 Å². The van der Waals surface area contributed by atoms with Crippen molar-refractivity contribution in [1.29, 1.82) is 0 Å². The van der Waals surface area contributed by atoms with E-state index in [1.165, 1.54) is 0 Å². The lowest BCUT2D eigenvalue weighted by Gasteiger charge is -2.16. The molecule has 0 spiro atoms. The van der Waals surface area contributed by atoms with E-state index in [-0.39, 0.29) is 23.8 Å². The van der Waals surface area contributed by atoms with E-state index in [1.807, 2.05) is 32.9 Å². The van der Waals surface area contributed by atoms with Gasteiger partial charge in [-0.15, -0.1) is 0 Å². The van der Waals surface area contributed by atoms with Crippen LogP contribution in [0.4, 0.5) is 4.79 Å². The summed E-state index contributed by atoms with van der Waals surface area (Å²) in [6.45, 7) is 6.43. The number of halogens is 2. The quantitative estimate of drug-likeness (QED) is 0.389. The molecule has 5 nitrogen and oxygen atoms in total. The number of carbonyl (C=O) groups excluding carboxylic acids is 2. The molecule has 0 N–H and O–H groups in total. The third-order valence-electron chi connectivity index (χ3n) is 4.72. The Kier molecular flexibility index (Phi) is 7.92. The van der Waals surface area contributed by atoms with Gasteiger partial charge in [-0.3, -0.25) is 14.5 Å². The van der Waals surface area contributed by atoms with Crippen LogP contribution in [0, 0.1) is 0 Å². The Bertz CT molecular complexity index is 1000. The number of ether oxygens (including phenoxy) is 2. The second-order valence-corrected chi connectivity index (χ2v) is 8.75. The van der Waals surface area contributed by atoms with Crippen molar-refractivity contribution in [2.24, 2.45) is 0 Å². The van der Waals surface area contributed by atoms with E-state index >= 15 is 0 Å². The Morgan fingerprint density at radius 3 is 2.45 bits per heavy atom. The number of amides is 2. The van der Waals surface area contributed by atoms with E-state index in [2.05, 4.69) is 0 Å². The maximum Gasteiger partial charge on any atom is 0.293 e. The summed E-state index contributed by atoms with van der Waals surface area (Å²) in [6, 6.07) is 10.5. The number of nitrogens with zero attached hydrogens (tertiary/aromatic N) is 1. The zero-order valence-corrected chi connectivity index (χ0v) is 19.8. The summed E-state index contributed by atoms with van der Waals surface area (Å²) in [5, 5.41) is 0.455. The van der Waals surface area contributed by atoms with E-state index in [1.54, 1.807) is 30.3 Å². The molecule has 3 rings (SSSR count). The fourth-order valence-corrected chi connectivity index (χ4v) is 4.26. The van der Waals surface area contributed by atoms with Gasteiger partial charge in [0.15, 0.2) is 11.5 Å². The van der Waals surface area contributed by atoms with Gasteiger partial charge in [-0.2, -0.15) is 0 Å². The van der Waals surface area contributed by atoms with Crippen LogP contribution in [0.3, 0.4) is 0 Å². The van der Waals surface area contributed by atoms with Gasteiger partial charge in [0.1, 0.15) is 0 Å². The maximum absolute atomic E-state index is 12.9. The molecule has 2 aromatic rings. The molecule has 8 heteroatoms. The van der Waals surface area contributed by atoms with Gasteiger partial charge in [0, 0.05) is 15.6 Å². The van der Waals surface area contributed by atoms with Crippen molar-refractivity contribution >= 4 is 52.2 Å². The largest absolute Gasteiger partial charge is 0.490 e. The molecule has 0 unspecified atom stereocenters. The van der Waals surface area contributed by atoms with Crippen molar-refractivity contribution in [3.05, 3.63) is 62.5 Å². The highest BCUT2D eigenvalue weighted by Gasteiger charge is 2.35. The summed E-state index contributed by atoms with van der Waals surface area (Å²) in [4.78, 5) is 26.8. The monoisotopic (exact) mass is 479 g/mol. The van der Waals surface area contributed by atoms with Gasteiger partial charge < -0.3 is 9.47 Å². The second-order valence-electron chi connectivity index (χ2n) is 6.94. The van der Waals surface area contributed by atoms with Crippen LogP contribution in [-0.4, -0.2) is 28.8 Å². The number of benzene rings is 2.